The standard InChI is InChI=1S/C19H17NO4/c1-13-3-2-4-14(11-13)12-24-19(23)15-5-7-16(8-6-15)20-17(21)9-10-18(20)22/h2-8,11H,9-10,12H2,1H3. The molecular formula is C19H17NO4. The summed E-state index contributed by atoms with van der Waals surface area (Å²) >= 11 is 0. The molecule has 2 aromatic rings. The highest BCUT2D eigenvalue weighted by Crippen LogP contribution is 2.23. The van der Waals surface area contributed by atoms with Gasteiger partial charge < -0.3 is 4.74 Å². The monoisotopic (exact) mass is 323 g/mol. The van der Waals surface area contributed by atoms with E-state index in [1.54, 1.807) is 24.3 Å². The van der Waals surface area contributed by atoms with E-state index in [0.717, 1.165) is 16.0 Å². The van der Waals surface area contributed by atoms with Crippen LogP contribution in [0, 0.1) is 6.92 Å². The van der Waals surface area contributed by atoms with Gasteiger partial charge in [0, 0.05) is 12.8 Å². The Balaban J connectivity index is 1.66. The lowest BCUT2D eigenvalue weighted by Crippen LogP contribution is -2.28. The number of carbonyl (C=O) groups is 3. The molecule has 0 aliphatic carbocycles. The van der Waals surface area contributed by atoms with Crippen LogP contribution in [0.15, 0.2) is 48.5 Å². The van der Waals surface area contributed by atoms with Crippen molar-refractivity contribution in [3.8, 4) is 0 Å². The van der Waals surface area contributed by atoms with E-state index in [1.165, 1.54) is 0 Å². The molecule has 1 aliphatic rings. The lowest BCUT2D eigenvalue weighted by molar-refractivity contribution is -0.121. The maximum Gasteiger partial charge on any atom is 0.338 e. The first-order valence-electron chi connectivity index (χ1n) is 7.73. The summed E-state index contributed by atoms with van der Waals surface area (Å²) in [6.45, 7) is 2.18. The number of imide groups is 1. The number of esters is 1. The van der Waals surface area contributed by atoms with E-state index < -0.39 is 5.97 Å². The van der Waals surface area contributed by atoms with E-state index in [9.17, 15) is 14.4 Å². The maximum absolute atomic E-state index is 12.1. The molecule has 1 saturated heterocycles. The van der Waals surface area contributed by atoms with Crippen molar-refractivity contribution in [2.45, 2.75) is 26.4 Å². The van der Waals surface area contributed by atoms with Crippen molar-refractivity contribution >= 4 is 23.5 Å². The molecule has 1 fully saturated rings. The molecule has 0 radical (unpaired) electrons. The van der Waals surface area contributed by atoms with Gasteiger partial charge in [0.15, 0.2) is 0 Å². The summed E-state index contributed by atoms with van der Waals surface area (Å²) < 4.78 is 5.29. The molecular weight excluding hydrogens is 306 g/mol. The van der Waals surface area contributed by atoms with E-state index in [-0.39, 0.29) is 31.3 Å². The number of nitrogens with zero attached hydrogens (tertiary/aromatic N) is 1. The average Bonchev–Trinajstić information content (AvgIpc) is 2.92. The lowest BCUT2D eigenvalue weighted by Gasteiger charge is -2.14. The molecule has 122 valence electrons. The molecule has 1 heterocycles. The van der Waals surface area contributed by atoms with Gasteiger partial charge in [-0.05, 0) is 36.8 Å². The second-order valence-corrected chi connectivity index (χ2v) is 5.73. The number of ether oxygens (including phenoxy) is 1. The molecule has 5 heteroatoms. The number of hydrogen-bond donors (Lipinski definition) is 0. The summed E-state index contributed by atoms with van der Waals surface area (Å²) in [4.78, 5) is 36.7. The molecule has 0 saturated carbocycles. The number of aryl methyl sites for hydroxylation is 1. The normalized spacial score (nSPS) is 14.1. The van der Waals surface area contributed by atoms with Gasteiger partial charge in [0.25, 0.3) is 0 Å². The first kappa shape index (κ1) is 15.9. The van der Waals surface area contributed by atoms with Crippen molar-refractivity contribution in [3.05, 3.63) is 65.2 Å². The molecule has 0 N–H and O–H groups in total. The van der Waals surface area contributed by atoms with Crippen LogP contribution in [0.1, 0.15) is 34.3 Å². The van der Waals surface area contributed by atoms with Crippen LogP contribution in [-0.4, -0.2) is 17.8 Å². The SMILES string of the molecule is Cc1cccc(COC(=O)c2ccc(N3C(=O)CCC3=O)cc2)c1. The van der Waals surface area contributed by atoms with Crippen molar-refractivity contribution in [1.29, 1.82) is 0 Å². The quantitative estimate of drug-likeness (QED) is 0.641. The van der Waals surface area contributed by atoms with Gasteiger partial charge in [-0.25, -0.2) is 4.79 Å². The minimum absolute atomic E-state index is 0.200. The van der Waals surface area contributed by atoms with Crippen LogP contribution in [0.2, 0.25) is 0 Å². The summed E-state index contributed by atoms with van der Waals surface area (Å²) in [5, 5.41) is 0. The Kier molecular flexibility index (Phi) is 4.42. The molecule has 2 amide bonds. The third-order valence-corrected chi connectivity index (χ3v) is 3.87. The van der Waals surface area contributed by atoms with E-state index in [4.69, 9.17) is 4.74 Å². The number of rotatable bonds is 4. The van der Waals surface area contributed by atoms with Crippen molar-refractivity contribution in [1.82, 2.24) is 0 Å². The first-order chi connectivity index (χ1) is 11.5. The molecule has 0 spiro atoms. The number of carbonyl (C=O) groups excluding carboxylic acids is 3. The maximum atomic E-state index is 12.1. The molecule has 1 aliphatic heterocycles. The van der Waals surface area contributed by atoms with Gasteiger partial charge in [0.05, 0.1) is 11.3 Å². The van der Waals surface area contributed by atoms with Gasteiger partial charge in [-0.1, -0.05) is 29.8 Å². The molecule has 2 aromatic carbocycles. The van der Waals surface area contributed by atoms with E-state index >= 15 is 0 Å². The predicted octanol–water partition coefficient (Wildman–Crippen LogP) is 3.01. The average molecular weight is 323 g/mol. The van der Waals surface area contributed by atoms with Gasteiger partial charge in [0.2, 0.25) is 11.8 Å². The van der Waals surface area contributed by atoms with E-state index in [1.807, 2.05) is 31.2 Å². The minimum Gasteiger partial charge on any atom is -0.457 e. The van der Waals surface area contributed by atoms with Crippen LogP contribution >= 0.6 is 0 Å². The fourth-order valence-electron chi connectivity index (χ4n) is 2.65. The smallest absolute Gasteiger partial charge is 0.338 e. The van der Waals surface area contributed by atoms with Gasteiger partial charge in [-0.3, -0.25) is 14.5 Å². The Labute approximate surface area is 139 Å². The van der Waals surface area contributed by atoms with Crippen LogP contribution in [0.5, 0.6) is 0 Å². The molecule has 5 nitrogen and oxygen atoms in total. The summed E-state index contributed by atoms with van der Waals surface area (Å²) in [5.41, 5.74) is 2.89. The number of amides is 2. The van der Waals surface area contributed by atoms with Gasteiger partial charge in [-0.2, -0.15) is 0 Å². The highest BCUT2D eigenvalue weighted by molar-refractivity contribution is 6.19. The Morgan fingerprint density at radius 1 is 1.04 bits per heavy atom. The van der Waals surface area contributed by atoms with E-state index in [0.29, 0.717) is 11.3 Å². The summed E-state index contributed by atoms with van der Waals surface area (Å²) in [7, 11) is 0. The fraction of sp³-hybridized carbons (Fsp3) is 0.211. The molecule has 0 unspecified atom stereocenters. The summed E-state index contributed by atoms with van der Waals surface area (Å²) in [6.07, 6.45) is 0.470. The topological polar surface area (TPSA) is 63.7 Å². The first-order valence-corrected chi connectivity index (χ1v) is 7.73. The third kappa shape index (κ3) is 3.35. The Morgan fingerprint density at radius 3 is 2.33 bits per heavy atom. The van der Waals surface area contributed by atoms with Crippen molar-refractivity contribution in [3.63, 3.8) is 0 Å². The fourth-order valence-corrected chi connectivity index (χ4v) is 2.65. The van der Waals surface area contributed by atoms with Crippen LogP contribution in [0.25, 0.3) is 0 Å². The largest absolute Gasteiger partial charge is 0.457 e. The Morgan fingerprint density at radius 2 is 1.71 bits per heavy atom. The van der Waals surface area contributed by atoms with Gasteiger partial charge in [-0.15, -0.1) is 0 Å². The van der Waals surface area contributed by atoms with Crippen molar-refractivity contribution in [2.75, 3.05) is 4.90 Å². The molecule has 0 atom stereocenters. The number of benzene rings is 2. The van der Waals surface area contributed by atoms with Crippen molar-refractivity contribution < 1.29 is 19.1 Å². The van der Waals surface area contributed by atoms with Crippen LogP contribution in [0.4, 0.5) is 5.69 Å². The number of hydrogen-bond acceptors (Lipinski definition) is 4. The third-order valence-electron chi connectivity index (χ3n) is 3.87. The van der Waals surface area contributed by atoms with E-state index in [2.05, 4.69) is 0 Å². The predicted molar refractivity (Wildman–Crippen MR) is 88.5 cm³/mol. The summed E-state index contributed by atoms with van der Waals surface area (Å²) in [6, 6.07) is 14.0. The van der Waals surface area contributed by atoms with Gasteiger partial charge in [0.1, 0.15) is 6.61 Å². The molecule has 0 aromatic heterocycles. The molecule has 0 bridgehead atoms. The Bertz CT molecular complexity index is 779. The van der Waals surface area contributed by atoms with Crippen LogP contribution < -0.4 is 4.90 Å². The second-order valence-electron chi connectivity index (χ2n) is 5.73. The zero-order valence-electron chi connectivity index (χ0n) is 13.3. The summed E-state index contributed by atoms with van der Waals surface area (Å²) in [5.74, 6) is -0.869. The number of anilines is 1. The van der Waals surface area contributed by atoms with Crippen LogP contribution in [0.3, 0.4) is 0 Å². The minimum atomic E-state index is -0.442. The Hall–Kier alpha value is -2.95. The highest BCUT2D eigenvalue weighted by Gasteiger charge is 2.30. The molecule has 3 rings (SSSR count). The zero-order valence-corrected chi connectivity index (χ0v) is 13.3. The van der Waals surface area contributed by atoms with Crippen LogP contribution in [-0.2, 0) is 20.9 Å². The van der Waals surface area contributed by atoms with Crippen molar-refractivity contribution in [2.24, 2.45) is 0 Å². The lowest BCUT2D eigenvalue weighted by atomic mass is 10.1. The zero-order chi connectivity index (χ0) is 17.1. The molecule has 24 heavy (non-hydrogen) atoms. The second kappa shape index (κ2) is 6.66. The van der Waals surface area contributed by atoms with Gasteiger partial charge >= 0.3 is 5.97 Å². The highest BCUT2D eigenvalue weighted by atomic mass is 16.5.